The van der Waals surface area contributed by atoms with Crippen LogP contribution in [0, 0.1) is 0 Å². The van der Waals surface area contributed by atoms with E-state index in [1.54, 1.807) is 0 Å². The Bertz CT molecular complexity index is 3060. The summed E-state index contributed by atoms with van der Waals surface area (Å²) >= 11 is 0. The van der Waals surface area contributed by atoms with Crippen LogP contribution in [0.25, 0.3) is 49.7 Å². The summed E-state index contributed by atoms with van der Waals surface area (Å²) in [6.45, 7) is 0. The molecule has 2 atom stereocenters. The van der Waals surface area contributed by atoms with Crippen molar-refractivity contribution in [1.82, 2.24) is 0 Å². The molecule has 1 heteroatoms. The van der Waals surface area contributed by atoms with Crippen molar-refractivity contribution in [2.45, 2.75) is 30.2 Å². The average molecular weight is 766 g/mol. The van der Waals surface area contributed by atoms with E-state index in [-0.39, 0.29) is 17.4 Å². The van der Waals surface area contributed by atoms with Gasteiger partial charge < -0.3 is 4.90 Å². The van der Waals surface area contributed by atoms with Gasteiger partial charge in [-0.15, -0.1) is 0 Å². The zero-order chi connectivity index (χ0) is 39.6. The fourth-order valence-electron chi connectivity index (χ4n) is 11.1. The van der Waals surface area contributed by atoms with Crippen LogP contribution in [0.5, 0.6) is 0 Å². The Morgan fingerprint density at radius 3 is 1.82 bits per heavy atom. The number of anilines is 2. The average Bonchev–Trinajstić information content (AvgIpc) is 3.79. The van der Waals surface area contributed by atoms with E-state index in [1.165, 1.54) is 94.5 Å². The minimum atomic E-state index is -0.365. The third-order valence-corrected chi connectivity index (χ3v) is 13.5. The van der Waals surface area contributed by atoms with Gasteiger partial charge in [-0.25, -0.2) is 0 Å². The number of nitrogens with zero attached hydrogens (tertiary/aromatic N) is 1. The number of para-hydroxylation sites is 1. The zero-order valence-electron chi connectivity index (χ0n) is 33.4. The largest absolute Gasteiger partial charge is 0.333 e. The van der Waals surface area contributed by atoms with E-state index < -0.39 is 0 Å². The fraction of sp³-hybridized carbons (Fsp3) is 0.0847. The van der Waals surface area contributed by atoms with Crippen LogP contribution < -0.4 is 4.90 Å². The number of benzene rings is 8. The van der Waals surface area contributed by atoms with E-state index in [2.05, 4.69) is 229 Å². The van der Waals surface area contributed by atoms with Crippen molar-refractivity contribution in [3.8, 4) is 33.4 Å². The molecule has 8 aromatic carbocycles. The third-order valence-electron chi connectivity index (χ3n) is 13.5. The molecule has 2 unspecified atom stereocenters. The van der Waals surface area contributed by atoms with Gasteiger partial charge >= 0.3 is 0 Å². The molecule has 8 aromatic rings. The Hall–Kier alpha value is -7.22. The molecular formula is C59H43N. The predicted molar refractivity (Wildman–Crippen MR) is 252 cm³/mol. The van der Waals surface area contributed by atoms with Crippen LogP contribution in [-0.4, -0.2) is 6.04 Å². The first-order valence-corrected chi connectivity index (χ1v) is 21.4. The summed E-state index contributed by atoms with van der Waals surface area (Å²) in [5.74, 6) is 0.237. The van der Waals surface area contributed by atoms with Crippen LogP contribution in [0.3, 0.4) is 0 Å². The SMILES string of the molecule is C1=CCC(c2cccc(-c3ccccc3)c2N(c2ccc3ccccc3c2-c2ccccc2)C2C=C3C(=CC2)C2(c4ccccc43)c3ccccc3-c3ccccc32)C=C1. The second-order valence-corrected chi connectivity index (χ2v) is 16.6. The lowest BCUT2D eigenvalue weighted by molar-refractivity contribution is 0.740. The van der Waals surface area contributed by atoms with Gasteiger partial charge in [0.2, 0.25) is 0 Å². The van der Waals surface area contributed by atoms with Gasteiger partial charge in [-0.1, -0.05) is 218 Å². The molecule has 0 aliphatic heterocycles. The van der Waals surface area contributed by atoms with E-state index >= 15 is 0 Å². The maximum absolute atomic E-state index is 2.74. The number of hydrogen-bond acceptors (Lipinski definition) is 1. The molecule has 0 N–H and O–H groups in total. The van der Waals surface area contributed by atoms with Gasteiger partial charge in [-0.3, -0.25) is 0 Å². The molecule has 0 saturated carbocycles. The molecule has 0 saturated heterocycles. The number of hydrogen-bond donors (Lipinski definition) is 0. The van der Waals surface area contributed by atoms with Crippen LogP contribution in [0.2, 0.25) is 0 Å². The Kier molecular flexibility index (Phi) is 8.10. The van der Waals surface area contributed by atoms with E-state index in [0.29, 0.717) is 0 Å². The summed E-state index contributed by atoms with van der Waals surface area (Å²) in [5.41, 5.74) is 19.4. The summed E-state index contributed by atoms with van der Waals surface area (Å²) in [6, 6.07) is 70.2. The van der Waals surface area contributed by atoms with Gasteiger partial charge in [-0.05, 0) is 90.9 Å². The molecule has 12 rings (SSSR count). The minimum Gasteiger partial charge on any atom is -0.333 e. The van der Waals surface area contributed by atoms with Crippen molar-refractivity contribution in [1.29, 1.82) is 0 Å². The summed E-state index contributed by atoms with van der Waals surface area (Å²) in [4.78, 5) is 2.74. The van der Waals surface area contributed by atoms with Gasteiger partial charge in [0.1, 0.15) is 0 Å². The van der Waals surface area contributed by atoms with Crippen molar-refractivity contribution in [3.05, 3.63) is 258 Å². The summed E-state index contributed by atoms with van der Waals surface area (Å²) in [5, 5.41) is 2.50. The van der Waals surface area contributed by atoms with Crippen molar-refractivity contribution >= 4 is 27.7 Å². The second-order valence-electron chi connectivity index (χ2n) is 16.6. The lowest BCUT2D eigenvalue weighted by Crippen LogP contribution is -2.34. The van der Waals surface area contributed by atoms with Crippen LogP contribution in [0.4, 0.5) is 11.4 Å². The third kappa shape index (κ3) is 5.12. The summed E-state index contributed by atoms with van der Waals surface area (Å²) in [6.07, 6.45) is 16.2. The topological polar surface area (TPSA) is 3.24 Å². The van der Waals surface area contributed by atoms with Crippen molar-refractivity contribution in [2.75, 3.05) is 4.90 Å². The first-order chi connectivity index (χ1) is 29.8. The monoisotopic (exact) mass is 765 g/mol. The van der Waals surface area contributed by atoms with Crippen LogP contribution >= 0.6 is 0 Å². The van der Waals surface area contributed by atoms with E-state index in [4.69, 9.17) is 0 Å². The number of rotatable bonds is 6. The van der Waals surface area contributed by atoms with E-state index in [0.717, 1.165) is 12.8 Å². The molecule has 4 aliphatic rings. The lowest BCUT2D eigenvalue weighted by atomic mass is 9.69. The molecule has 60 heavy (non-hydrogen) atoms. The van der Waals surface area contributed by atoms with Gasteiger partial charge in [0.05, 0.1) is 22.8 Å². The Balaban J connectivity index is 1.15. The molecule has 0 fully saturated rings. The maximum atomic E-state index is 2.74. The predicted octanol–water partition coefficient (Wildman–Crippen LogP) is 15.0. The Morgan fingerprint density at radius 2 is 1.10 bits per heavy atom. The lowest BCUT2D eigenvalue weighted by Gasteiger charge is -2.40. The maximum Gasteiger partial charge on any atom is 0.0722 e. The second kappa shape index (κ2) is 14.0. The molecule has 0 bridgehead atoms. The van der Waals surface area contributed by atoms with Crippen LogP contribution in [0.1, 0.15) is 46.6 Å². The Labute approximate surface area is 352 Å². The first-order valence-electron chi connectivity index (χ1n) is 21.4. The molecule has 0 aromatic heterocycles. The van der Waals surface area contributed by atoms with Crippen molar-refractivity contribution in [3.63, 3.8) is 0 Å². The van der Waals surface area contributed by atoms with Crippen LogP contribution in [-0.2, 0) is 5.41 Å². The molecule has 1 nitrogen and oxygen atoms in total. The fourth-order valence-corrected chi connectivity index (χ4v) is 11.1. The standard InChI is InChI=1S/C59H43N/c1-4-19-40(20-5-1)46-30-18-31-47(41-21-6-2-7-22-41)58(46)60(56-38-35-42-23-10-11-26-45(42)57(56)43-24-8-3-9-25-43)44-36-37-55-51(39-44)50-29-14-17-34-54(50)59(55)52-32-15-12-27-48(52)49-28-13-16-33-53(49)59/h1-21,23-35,37-39,41,44H,22,36H2. The summed E-state index contributed by atoms with van der Waals surface area (Å²) in [7, 11) is 0. The quantitative estimate of drug-likeness (QED) is 0.163. The zero-order valence-corrected chi connectivity index (χ0v) is 33.4. The number of fused-ring (bicyclic) bond motifs is 11. The van der Waals surface area contributed by atoms with Crippen molar-refractivity contribution < 1.29 is 0 Å². The van der Waals surface area contributed by atoms with E-state index in [9.17, 15) is 0 Å². The minimum absolute atomic E-state index is 0.00851. The molecule has 0 radical (unpaired) electrons. The van der Waals surface area contributed by atoms with Crippen molar-refractivity contribution in [2.24, 2.45) is 0 Å². The smallest absolute Gasteiger partial charge is 0.0722 e. The molecule has 0 heterocycles. The van der Waals surface area contributed by atoms with Gasteiger partial charge in [0, 0.05) is 17.0 Å². The molecular weight excluding hydrogens is 723 g/mol. The van der Waals surface area contributed by atoms with Gasteiger partial charge in [0.15, 0.2) is 0 Å². The highest BCUT2D eigenvalue weighted by Crippen LogP contribution is 2.65. The summed E-state index contributed by atoms with van der Waals surface area (Å²) < 4.78 is 0. The highest BCUT2D eigenvalue weighted by Gasteiger charge is 2.54. The molecule has 284 valence electrons. The molecule has 1 spiro atoms. The van der Waals surface area contributed by atoms with Crippen LogP contribution in [0.15, 0.2) is 230 Å². The molecule has 0 amide bonds. The Morgan fingerprint density at radius 1 is 0.483 bits per heavy atom. The van der Waals surface area contributed by atoms with Gasteiger partial charge in [-0.2, -0.15) is 0 Å². The normalized spacial score (nSPS) is 17.7. The first kappa shape index (κ1) is 34.8. The highest BCUT2D eigenvalue weighted by molar-refractivity contribution is 6.06. The van der Waals surface area contributed by atoms with E-state index in [1.807, 2.05) is 0 Å². The number of allylic oxidation sites excluding steroid dienone is 6. The molecule has 4 aliphatic carbocycles. The highest BCUT2D eigenvalue weighted by atomic mass is 15.2. The van der Waals surface area contributed by atoms with Gasteiger partial charge in [0.25, 0.3) is 0 Å².